The average molecular weight is 501 g/mol. The molecule has 1 fully saturated rings. The number of halogens is 1. The van der Waals surface area contributed by atoms with E-state index in [2.05, 4.69) is 33.8 Å². The van der Waals surface area contributed by atoms with Crippen LogP contribution in [0.25, 0.3) is 11.3 Å². The lowest BCUT2D eigenvalue weighted by atomic mass is 10.1. The van der Waals surface area contributed by atoms with Gasteiger partial charge >= 0.3 is 0 Å². The molecule has 2 atom stereocenters. The Morgan fingerprint density at radius 2 is 1.82 bits per heavy atom. The minimum atomic E-state index is -3.91. The van der Waals surface area contributed by atoms with Crippen LogP contribution in [0.4, 0.5) is 11.4 Å². The molecule has 2 aromatic carbocycles. The minimum absolute atomic E-state index is 0.00681. The molecule has 1 aromatic heterocycles. The van der Waals surface area contributed by atoms with E-state index in [-0.39, 0.29) is 9.92 Å². The number of hydrogen-bond donors (Lipinski definition) is 2. The number of sulfonamides is 1. The highest BCUT2D eigenvalue weighted by Gasteiger charge is 2.25. The first-order valence-corrected chi connectivity index (χ1v) is 13.0. The van der Waals surface area contributed by atoms with E-state index in [9.17, 15) is 8.42 Å². The third-order valence-corrected chi connectivity index (χ3v) is 7.60. The van der Waals surface area contributed by atoms with Crippen molar-refractivity contribution in [3.63, 3.8) is 0 Å². The van der Waals surface area contributed by atoms with Gasteiger partial charge in [-0.2, -0.15) is 0 Å². The van der Waals surface area contributed by atoms with Crippen molar-refractivity contribution in [2.75, 3.05) is 29.8 Å². The Hall–Kier alpha value is -2.81. The normalized spacial score (nSPS) is 18.6. The van der Waals surface area contributed by atoms with E-state index < -0.39 is 10.0 Å². The van der Waals surface area contributed by atoms with E-state index in [0.29, 0.717) is 23.5 Å². The summed E-state index contributed by atoms with van der Waals surface area (Å²) in [5.41, 5.74) is 3.64. The van der Waals surface area contributed by atoms with E-state index in [0.717, 1.165) is 35.7 Å². The van der Waals surface area contributed by atoms with E-state index in [4.69, 9.17) is 16.3 Å². The molecule has 3 aromatic rings. The van der Waals surface area contributed by atoms with Crippen molar-refractivity contribution < 1.29 is 13.2 Å². The predicted octanol–water partition coefficient (Wildman–Crippen LogP) is 4.71. The van der Waals surface area contributed by atoms with Gasteiger partial charge in [0.25, 0.3) is 10.0 Å². The van der Waals surface area contributed by atoms with Crippen LogP contribution in [-0.4, -0.2) is 45.7 Å². The number of nitrogens with zero attached hydrogens (tertiary/aromatic N) is 2. The van der Waals surface area contributed by atoms with Gasteiger partial charge < -0.3 is 15.0 Å². The maximum atomic E-state index is 13.2. The van der Waals surface area contributed by atoms with Crippen LogP contribution in [0.2, 0.25) is 5.02 Å². The van der Waals surface area contributed by atoms with Crippen molar-refractivity contribution in [2.24, 2.45) is 0 Å². The van der Waals surface area contributed by atoms with E-state index >= 15 is 0 Å². The number of hydrogen-bond acceptors (Lipinski definition) is 6. The molecule has 9 heteroatoms. The molecule has 0 amide bonds. The number of nitrogens with one attached hydrogen (secondary N) is 2. The standard InChI is InChI=1S/C25H29ClN4O3S/c1-16-6-5-7-22(28-16)19-8-11-25(21(26)12-19)34(31,32)29-20-9-10-24(33-4)23(13-20)30-14-17(2)27-18(3)15-30/h5-13,17-18,27,29H,14-15H2,1-4H3/t17-,18+. The summed E-state index contributed by atoms with van der Waals surface area (Å²) in [4.78, 5) is 6.69. The van der Waals surface area contributed by atoms with Crippen molar-refractivity contribution in [2.45, 2.75) is 37.8 Å². The molecule has 0 aliphatic carbocycles. The summed E-state index contributed by atoms with van der Waals surface area (Å²) in [6.07, 6.45) is 0. The maximum Gasteiger partial charge on any atom is 0.263 e. The summed E-state index contributed by atoms with van der Waals surface area (Å²) in [5.74, 6) is 0.692. The number of aromatic nitrogens is 1. The second-order valence-corrected chi connectivity index (χ2v) is 10.7. The second-order valence-electron chi connectivity index (χ2n) is 8.68. The Morgan fingerprint density at radius 1 is 1.09 bits per heavy atom. The molecule has 4 rings (SSSR count). The van der Waals surface area contributed by atoms with Gasteiger partial charge in [-0.15, -0.1) is 0 Å². The number of aryl methyl sites for hydroxylation is 1. The number of piperazine rings is 1. The summed E-state index contributed by atoms with van der Waals surface area (Å²) in [6, 6.07) is 16.4. The fraction of sp³-hybridized carbons (Fsp3) is 0.320. The van der Waals surface area contributed by atoms with Gasteiger partial charge in [0, 0.05) is 36.4 Å². The predicted molar refractivity (Wildman–Crippen MR) is 137 cm³/mol. The summed E-state index contributed by atoms with van der Waals surface area (Å²) in [6.45, 7) is 7.73. The molecule has 1 aliphatic heterocycles. The van der Waals surface area contributed by atoms with Crippen LogP contribution in [0, 0.1) is 6.92 Å². The number of anilines is 2. The minimum Gasteiger partial charge on any atom is -0.495 e. The van der Waals surface area contributed by atoms with E-state index in [1.165, 1.54) is 6.07 Å². The second kappa shape index (κ2) is 9.82. The highest BCUT2D eigenvalue weighted by atomic mass is 35.5. The molecular weight excluding hydrogens is 472 g/mol. The fourth-order valence-electron chi connectivity index (χ4n) is 4.32. The molecule has 7 nitrogen and oxygen atoms in total. The van der Waals surface area contributed by atoms with Crippen molar-refractivity contribution in [1.82, 2.24) is 10.3 Å². The molecule has 0 saturated carbocycles. The average Bonchev–Trinajstić information content (AvgIpc) is 2.78. The van der Waals surface area contributed by atoms with Crippen LogP contribution < -0.4 is 19.7 Å². The van der Waals surface area contributed by atoms with Crippen LogP contribution in [0.3, 0.4) is 0 Å². The Balaban J connectivity index is 1.62. The van der Waals surface area contributed by atoms with Crippen LogP contribution in [0.5, 0.6) is 5.75 Å². The van der Waals surface area contributed by atoms with Gasteiger partial charge in [0.15, 0.2) is 0 Å². The number of ether oxygens (including phenoxy) is 1. The van der Waals surface area contributed by atoms with Crippen molar-refractivity contribution in [1.29, 1.82) is 0 Å². The van der Waals surface area contributed by atoms with Crippen LogP contribution in [0.15, 0.2) is 59.5 Å². The van der Waals surface area contributed by atoms with Crippen molar-refractivity contribution in [3.05, 3.63) is 65.3 Å². The summed E-state index contributed by atoms with van der Waals surface area (Å²) in [5, 5.41) is 3.63. The lowest BCUT2D eigenvalue weighted by molar-refractivity contribution is 0.391. The van der Waals surface area contributed by atoms with Gasteiger partial charge in [0.2, 0.25) is 0 Å². The quantitative estimate of drug-likeness (QED) is 0.510. The van der Waals surface area contributed by atoms with Gasteiger partial charge in [-0.3, -0.25) is 9.71 Å². The molecular formula is C25H29ClN4O3S. The van der Waals surface area contributed by atoms with Crippen molar-refractivity contribution >= 4 is 33.0 Å². The van der Waals surface area contributed by atoms with Crippen LogP contribution in [0.1, 0.15) is 19.5 Å². The van der Waals surface area contributed by atoms with E-state index in [1.54, 1.807) is 37.4 Å². The first kappa shape index (κ1) is 24.3. The SMILES string of the molecule is COc1ccc(NS(=O)(=O)c2ccc(-c3cccc(C)n3)cc2Cl)cc1N1C[C@@H](C)N[C@@H](C)C1. The summed E-state index contributed by atoms with van der Waals surface area (Å²) >= 11 is 6.42. The van der Waals surface area contributed by atoms with Crippen LogP contribution in [-0.2, 0) is 10.0 Å². The van der Waals surface area contributed by atoms with Gasteiger partial charge in [0.05, 0.1) is 29.2 Å². The molecule has 0 spiro atoms. The Kier molecular flexibility index (Phi) is 7.02. The summed E-state index contributed by atoms with van der Waals surface area (Å²) in [7, 11) is -2.30. The smallest absolute Gasteiger partial charge is 0.263 e. The van der Waals surface area contributed by atoms with Gasteiger partial charge in [-0.25, -0.2) is 8.42 Å². The first-order valence-electron chi connectivity index (χ1n) is 11.1. The lowest BCUT2D eigenvalue weighted by Crippen LogP contribution is -2.54. The molecule has 2 heterocycles. The third kappa shape index (κ3) is 5.29. The first-order chi connectivity index (χ1) is 16.2. The molecule has 2 N–H and O–H groups in total. The molecule has 1 aliphatic rings. The topological polar surface area (TPSA) is 83.6 Å². The zero-order valence-electron chi connectivity index (χ0n) is 19.7. The fourth-order valence-corrected chi connectivity index (χ4v) is 5.91. The number of pyridine rings is 1. The van der Waals surface area contributed by atoms with Crippen molar-refractivity contribution in [3.8, 4) is 17.0 Å². The highest BCUT2D eigenvalue weighted by molar-refractivity contribution is 7.92. The Bertz CT molecular complexity index is 1290. The van der Waals surface area contributed by atoms with Gasteiger partial charge in [-0.1, -0.05) is 23.7 Å². The Morgan fingerprint density at radius 3 is 2.47 bits per heavy atom. The largest absolute Gasteiger partial charge is 0.495 e. The molecule has 180 valence electrons. The zero-order valence-corrected chi connectivity index (χ0v) is 21.2. The number of methoxy groups -OCH3 is 1. The number of benzene rings is 2. The molecule has 0 radical (unpaired) electrons. The van der Waals surface area contributed by atoms with E-state index in [1.807, 2.05) is 25.1 Å². The molecule has 34 heavy (non-hydrogen) atoms. The maximum absolute atomic E-state index is 13.2. The molecule has 0 bridgehead atoms. The monoisotopic (exact) mass is 500 g/mol. The van der Waals surface area contributed by atoms with Gasteiger partial charge in [-0.05, 0) is 63.2 Å². The highest BCUT2D eigenvalue weighted by Crippen LogP contribution is 2.34. The zero-order chi connectivity index (χ0) is 24.5. The lowest BCUT2D eigenvalue weighted by Gasteiger charge is -2.38. The Labute approximate surface area is 206 Å². The third-order valence-electron chi connectivity index (χ3n) is 5.73. The number of rotatable bonds is 6. The molecule has 1 saturated heterocycles. The van der Waals surface area contributed by atoms with Gasteiger partial charge in [0.1, 0.15) is 10.6 Å². The molecule has 0 unspecified atom stereocenters. The summed E-state index contributed by atoms with van der Waals surface area (Å²) < 4.78 is 34.6. The van der Waals surface area contributed by atoms with Crippen LogP contribution >= 0.6 is 11.6 Å².